The predicted molar refractivity (Wildman–Crippen MR) is 63.7 cm³/mol. The molecule has 5 heteroatoms. The number of nitrogens with zero attached hydrogens (tertiary/aromatic N) is 2. The first kappa shape index (κ1) is 11.2. The van der Waals surface area contributed by atoms with Crippen LogP contribution in [0.25, 0.3) is 0 Å². The fourth-order valence-electron chi connectivity index (χ4n) is 2.82. The molecule has 2 heterocycles. The average molecular weight is 236 g/mol. The van der Waals surface area contributed by atoms with Crippen molar-refractivity contribution in [1.29, 1.82) is 0 Å². The van der Waals surface area contributed by atoms with Gasteiger partial charge < -0.3 is 15.6 Å². The predicted octanol–water partition coefficient (Wildman–Crippen LogP) is 1.13. The first-order chi connectivity index (χ1) is 8.33. The van der Waals surface area contributed by atoms with Gasteiger partial charge in [0.05, 0.1) is 5.92 Å². The molecule has 1 aromatic heterocycles. The Balaban J connectivity index is 1.67. The van der Waals surface area contributed by atoms with Crippen LogP contribution in [-0.4, -0.2) is 29.3 Å². The van der Waals surface area contributed by atoms with Crippen molar-refractivity contribution >= 4 is 0 Å². The van der Waals surface area contributed by atoms with Crippen LogP contribution < -0.4 is 11.1 Å². The van der Waals surface area contributed by atoms with Gasteiger partial charge in [0, 0.05) is 18.5 Å². The zero-order valence-electron chi connectivity index (χ0n) is 10.1. The van der Waals surface area contributed by atoms with Crippen molar-refractivity contribution < 1.29 is 4.52 Å². The topological polar surface area (TPSA) is 77.0 Å². The van der Waals surface area contributed by atoms with E-state index in [4.69, 9.17) is 10.3 Å². The van der Waals surface area contributed by atoms with Gasteiger partial charge in [-0.2, -0.15) is 4.98 Å². The molecule has 1 aliphatic heterocycles. The number of nitrogens with one attached hydrogen (secondary N) is 1. The maximum atomic E-state index is 5.91. The summed E-state index contributed by atoms with van der Waals surface area (Å²) >= 11 is 0. The number of aromatic nitrogens is 2. The quantitative estimate of drug-likeness (QED) is 0.805. The van der Waals surface area contributed by atoms with Gasteiger partial charge in [0.1, 0.15) is 0 Å². The first-order valence-electron chi connectivity index (χ1n) is 6.62. The van der Waals surface area contributed by atoms with Gasteiger partial charge in [-0.15, -0.1) is 0 Å². The van der Waals surface area contributed by atoms with E-state index in [1.54, 1.807) is 0 Å². The van der Waals surface area contributed by atoms with Crippen molar-refractivity contribution in [2.24, 2.45) is 5.73 Å². The number of hydrogen-bond acceptors (Lipinski definition) is 5. The van der Waals surface area contributed by atoms with Gasteiger partial charge in [-0.1, -0.05) is 5.16 Å². The number of rotatable bonds is 2. The van der Waals surface area contributed by atoms with Crippen LogP contribution in [0.15, 0.2) is 4.52 Å². The Morgan fingerprint density at radius 3 is 2.65 bits per heavy atom. The van der Waals surface area contributed by atoms with Crippen molar-refractivity contribution in [2.75, 3.05) is 13.1 Å². The first-order valence-corrected chi connectivity index (χ1v) is 6.62. The Morgan fingerprint density at radius 2 is 1.94 bits per heavy atom. The monoisotopic (exact) mass is 236 g/mol. The summed E-state index contributed by atoms with van der Waals surface area (Å²) in [5, 5.41) is 7.48. The van der Waals surface area contributed by atoms with E-state index in [9.17, 15) is 0 Å². The summed E-state index contributed by atoms with van der Waals surface area (Å²) < 4.78 is 5.40. The Morgan fingerprint density at radius 1 is 1.12 bits per heavy atom. The molecule has 0 spiro atoms. The van der Waals surface area contributed by atoms with E-state index in [2.05, 4.69) is 15.5 Å². The van der Waals surface area contributed by atoms with E-state index >= 15 is 0 Å². The number of nitrogens with two attached hydrogens (primary N) is 1. The van der Waals surface area contributed by atoms with E-state index in [0.29, 0.717) is 17.9 Å². The highest BCUT2D eigenvalue weighted by Crippen LogP contribution is 2.31. The summed E-state index contributed by atoms with van der Waals surface area (Å²) in [5.74, 6) is 2.60. The Kier molecular flexibility index (Phi) is 3.11. The minimum atomic E-state index is 0.372. The second kappa shape index (κ2) is 4.74. The van der Waals surface area contributed by atoms with Crippen molar-refractivity contribution in [1.82, 2.24) is 15.5 Å². The molecule has 94 valence electrons. The molecule has 1 saturated carbocycles. The van der Waals surface area contributed by atoms with Gasteiger partial charge in [0.25, 0.3) is 0 Å². The second-order valence-electron chi connectivity index (χ2n) is 5.29. The van der Waals surface area contributed by atoms with Gasteiger partial charge in [0.2, 0.25) is 5.89 Å². The van der Waals surface area contributed by atoms with E-state index in [1.807, 2.05) is 0 Å². The van der Waals surface area contributed by atoms with E-state index < -0.39 is 0 Å². The molecule has 2 fully saturated rings. The molecule has 1 unspecified atom stereocenters. The van der Waals surface area contributed by atoms with Gasteiger partial charge in [-0.3, -0.25) is 0 Å². The average Bonchev–Trinajstić information content (AvgIpc) is 3.00. The second-order valence-corrected chi connectivity index (χ2v) is 5.29. The lowest BCUT2D eigenvalue weighted by molar-refractivity contribution is 0.338. The highest BCUT2D eigenvalue weighted by molar-refractivity contribution is 5.03. The molecule has 3 N–H and O–H groups in total. The zero-order valence-corrected chi connectivity index (χ0v) is 10.1. The Bertz CT molecular complexity index is 364. The van der Waals surface area contributed by atoms with Crippen LogP contribution >= 0.6 is 0 Å². The van der Waals surface area contributed by atoms with Crippen molar-refractivity contribution in [2.45, 2.75) is 50.0 Å². The number of hydrogen-bond donors (Lipinski definition) is 2. The van der Waals surface area contributed by atoms with Crippen LogP contribution in [0.2, 0.25) is 0 Å². The van der Waals surface area contributed by atoms with Gasteiger partial charge in [-0.25, -0.2) is 0 Å². The molecule has 3 rings (SSSR count). The highest BCUT2D eigenvalue weighted by atomic mass is 16.5. The molecule has 17 heavy (non-hydrogen) atoms. The highest BCUT2D eigenvalue weighted by Gasteiger charge is 2.27. The molecule has 2 aliphatic rings. The van der Waals surface area contributed by atoms with Crippen LogP contribution in [0.4, 0.5) is 0 Å². The normalized spacial score (nSPS) is 34.1. The fraction of sp³-hybridized carbons (Fsp3) is 0.833. The summed E-state index contributed by atoms with van der Waals surface area (Å²) in [6.07, 6.45) is 5.47. The third-order valence-corrected chi connectivity index (χ3v) is 4.00. The molecule has 0 aromatic carbocycles. The maximum absolute atomic E-state index is 5.91. The molecule has 1 aliphatic carbocycles. The van der Waals surface area contributed by atoms with E-state index in [0.717, 1.165) is 56.9 Å². The van der Waals surface area contributed by atoms with Gasteiger partial charge >= 0.3 is 0 Å². The van der Waals surface area contributed by atoms with Gasteiger partial charge in [0.15, 0.2) is 5.82 Å². The maximum Gasteiger partial charge on any atom is 0.231 e. The lowest BCUT2D eigenvalue weighted by Crippen LogP contribution is -2.26. The summed E-state index contributed by atoms with van der Waals surface area (Å²) in [6.45, 7) is 2.03. The Labute approximate surface area is 101 Å². The van der Waals surface area contributed by atoms with Crippen LogP contribution in [0.3, 0.4) is 0 Å². The molecule has 1 atom stereocenters. The minimum absolute atomic E-state index is 0.372. The molecular formula is C12H20N4O. The zero-order chi connectivity index (χ0) is 11.7. The lowest BCUT2D eigenvalue weighted by Gasteiger charge is -2.23. The summed E-state index contributed by atoms with van der Waals surface area (Å²) in [7, 11) is 0. The van der Waals surface area contributed by atoms with Crippen LogP contribution in [0.1, 0.15) is 55.7 Å². The lowest BCUT2D eigenvalue weighted by atomic mass is 9.86. The molecule has 0 amide bonds. The standard InChI is InChI=1S/C12H20N4O/c13-10-3-1-8(2-4-10)11-15-12(17-16-11)9-5-6-14-7-9/h8-10,14H,1-7,13H2. The molecule has 1 aromatic rings. The summed E-state index contributed by atoms with van der Waals surface area (Å²) in [4.78, 5) is 4.58. The van der Waals surface area contributed by atoms with Crippen molar-refractivity contribution in [3.63, 3.8) is 0 Å². The van der Waals surface area contributed by atoms with Crippen molar-refractivity contribution in [3.8, 4) is 0 Å². The molecule has 5 nitrogen and oxygen atoms in total. The fourth-order valence-corrected chi connectivity index (χ4v) is 2.82. The molecule has 0 radical (unpaired) electrons. The molecule has 1 saturated heterocycles. The minimum Gasteiger partial charge on any atom is -0.339 e. The van der Waals surface area contributed by atoms with Gasteiger partial charge in [-0.05, 0) is 38.6 Å². The summed E-state index contributed by atoms with van der Waals surface area (Å²) in [6, 6.07) is 0.372. The Hall–Kier alpha value is -0.940. The summed E-state index contributed by atoms with van der Waals surface area (Å²) in [5.41, 5.74) is 5.91. The van der Waals surface area contributed by atoms with Crippen LogP contribution in [0.5, 0.6) is 0 Å². The van der Waals surface area contributed by atoms with Crippen LogP contribution in [0, 0.1) is 0 Å². The SMILES string of the molecule is NC1CCC(c2noc(C3CCNC3)n2)CC1. The largest absolute Gasteiger partial charge is 0.339 e. The van der Waals surface area contributed by atoms with Crippen molar-refractivity contribution in [3.05, 3.63) is 11.7 Å². The smallest absolute Gasteiger partial charge is 0.231 e. The third-order valence-electron chi connectivity index (χ3n) is 4.00. The van der Waals surface area contributed by atoms with Crippen LogP contribution in [-0.2, 0) is 0 Å². The molecule has 0 bridgehead atoms. The van der Waals surface area contributed by atoms with E-state index in [-0.39, 0.29) is 0 Å². The van der Waals surface area contributed by atoms with E-state index in [1.165, 1.54) is 0 Å². The molecular weight excluding hydrogens is 216 g/mol. The third kappa shape index (κ3) is 2.35.